The van der Waals surface area contributed by atoms with Gasteiger partial charge >= 0.3 is 0 Å². The van der Waals surface area contributed by atoms with E-state index in [0.717, 1.165) is 0 Å². The van der Waals surface area contributed by atoms with Crippen LogP contribution < -0.4 is 5.32 Å². The summed E-state index contributed by atoms with van der Waals surface area (Å²) in [6.07, 6.45) is 0.562. The Morgan fingerprint density at radius 2 is 2.37 bits per heavy atom. The average molecular weight is 267 g/mol. The van der Waals surface area contributed by atoms with Crippen molar-refractivity contribution in [3.8, 4) is 0 Å². The van der Waals surface area contributed by atoms with Crippen LogP contribution in [0, 0.1) is 0 Å². The molecule has 0 aromatic carbocycles. The highest BCUT2D eigenvalue weighted by molar-refractivity contribution is 5.82. The fraction of sp³-hybridized carbons (Fsp3) is 0.545. The van der Waals surface area contributed by atoms with Gasteiger partial charge in [0.15, 0.2) is 17.7 Å². The molecule has 7 nitrogen and oxygen atoms in total. The number of alkyl halides is 1. The van der Waals surface area contributed by atoms with Crippen molar-refractivity contribution in [2.75, 3.05) is 19.0 Å². The molecule has 1 saturated heterocycles. The highest BCUT2D eigenvalue weighted by Crippen LogP contribution is 2.33. The maximum atomic E-state index is 14.0. The molecule has 0 aliphatic carbocycles. The highest BCUT2D eigenvalue weighted by Gasteiger charge is 2.37. The summed E-state index contributed by atoms with van der Waals surface area (Å²) in [6, 6.07) is 0. The molecular weight excluding hydrogens is 253 g/mol. The van der Waals surface area contributed by atoms with Crippen LogP contribution in [0.3, 0.4) is 0 Å². The minimum absolute atomic E-state index is 0.171. The molecule has 0 spiro atoms. The van der Waals surface area contributed by atoms with E-state index in [0.29, 0.717) is 17.0 Å². The van der Waals surface area contributed by atoms with Crippen molar-refractivity contribution in [1.82, 2.24) is 19.5 Å². The van der Waals surface area contributed by atoms with Crippen molar-refractivity contribution in [2.24, 2.45) is 0 Å². The number of hydrogen-bond acceptors (Lipinski definition) is 6. The van der Waals surface area contributed by atoms with Gasteiger partial charge in [0.2, 0.25) is 0 Å². The maximum absolute atomic E-state index is 14.0. The van der Waals surface area contributed by atoms with Gasteiger partial charge in [-0.15, -0.1) is 0 Å². The third-order valence-electron chi connectivity index (χ3n) is 3.20. The molecule has 1 aliphatic rings. The number of aromatic nitrogens is 4. The van der Waals surface area contributed by atoms with Crippen LogP contribution in [-0.4, -0.2) is 50.6 Å². The van der Waals surface area contributed by atoms with Crippen molar-refractivity contribution in [3.05, 3.63) is 12.7 Å². The molecule has 2 N–H and O–H groups in total. The van der Waals surface area contributed by atoms with Crippen LogP contribution >= 0.6 is 0 Å². The second kappa shape index (κ2) is 4.71. The zero-order valence-corrected chi connectivity index (χ0v) is 10.3. The van der Waals surface area contributed by atoms with Gasteiger partial charge in [-0.3, -0.25) is 4.57 Å². The standard InChI is InChI=1S/C11H14FN5O2/c1-13-9-8-10(15-4-14-9)17(5-16-8)11-7(12)2-6(3-18)19-11/h4-7,11,18H,2-3H2,1H3,(H,13,14,15)/t6-,7-,11+/m1/s1. The third kappa shape index (κ3) is 1.92. The normalized spacial score (nSPS) is 27.0. The summed E-state index contributed by atoms with van der Waals surface area (Å²) >= 11 is 0. The maximum Gasteiger partial charge on any atom is 0.168 e. The van der Waals surface area contributed by atoms with E-state index in [9.17, 15) is 4.39 Å². The van der Waals surface area contributed by atoms with Crippen LogP contribution in [0.25, 0.3) is 11.2 Å². The lowest BCUT2D eigenvalue weighted by Crippen LogP contribution is -2.16. The Hall–Kier alpha value is -1.80. The van der Waals surface area contributed by atoms with E-state index in [-0.39, 0.29) is 13.0 Å². The first-order valence-corrected chi connectivity index (χ1v) is 6.00. The molecule has 0 amide bonds. The van der Waals surface area contributed by atoms with Gasteiger partial charge in [0.25, 0.3) is 0 Å². The Kier molecular flexibility index (Phi) is 3.03. The van der Waals surface area contributed by atoms with Crippen molar-refractivity contribution in [2.45, 2.75) is 24.9 Å². The molecule has 19 heavy (non-hydrogen) atoms. The number of halogens is 1. The number of hydrogen-bond donors (Lipinski definition) is 2. The van der Waals surface area contributed by atoms with Gasteiger partial charge in [0.1, 0.15) is 18.0 Å². The monoisotopic (exact) mass is 267 g/mol. The van der Waals surface area contributed by atoms with Gasteiger partial charge in [-0.2, -0.15) is 0 Å². The number of nitrogens with zero attached hydrogens (tertiary/aromatic N) is 4. The topological polar surface area (TPSA) is 85.1 Å². The Bertz CT molecular complexity index is 589. The average Bonchev–Trinajstić information content (AvgIpc) is 3.01. The smallest absolute Gasteiger partial charge is 0.168 e. The Balaban J connectivity index is 2.02. The second-order valence-corrected chi connectivity index (χ2v) is 4.38. The number of imidazole rings is 1. The lowest BCUT2D eigenvalue weighted by atomic mass is 10.2. The van der Waals surface area contributed by atoms with Crippen LogP contribution in [0.1, 0.15) is 12.6 Å². The number of aliphatic hydroxyl groups excluding tert-OH is 1. The summed E-state index contributed by atoms with van der Waals surface area (Å²) in [6.45, 7) is -0.194. The first-order chi connectivity index (χ1) is 9.24. The van der Waals surface area contributed by atoms with Crippen molar-refractivity contribution >= 4 is 17.0 Å². The Morgan fingerprint density at radius 1 is 1.53 bits per heavy atom. The van der Waals surface area contributed by atoms with Crippen LogP contribution in [0.2, 0.25) is 0 Å². The molecule has 0 radical (unpaired) electrons. The lowest BCUT2D eigenvalue weighted by molar-refractivity contribution is -0.0351. The second-order valence-electron chi connectivity index (χ2n) is 4.38. The van der Waals surface area contributed by atoms with Gasteiger partial charge in [-0.1, -0.05) is 0 Å². The summed E-state index contributed by atoms with van der Waals surface area (Å²) in [5.74, 6) is 0.580. The summed E-state index contributed by atoms with van der Waals surface area (Å²) in [4.78, 5) is 12.3. The minimum Gasteiger partial charge on any atom is -0.394 e. The number of nitrogens with one attached hydrogen (secondary N) is 1. The summed E-state index contributed by atoms with van der Waals surface area (Å²) in [5.41, 5.74) is 1.07. The van der Waals surface area contributed by atoms with Gasteiger partial charge in [-0.05, 0) is 0 Å². The van der Waals surface area contributed by atoms with Crippen LogP contribution in [0.15, 0.2) is 12.7 Å². The molecule has 3 rings (SSSR count). The summed E-state index contributed by atoms with van der Waals surface area (Å²) in [7, 11) is 1.73. The highest BCUT2D eigenvalue weighted by atomic mass is 19.1. The lowest BCUT2D eigenvalue weighted by Gasteiger charge is -2.15. The fourth-order valence-corrected chi connectivity index (χ4v) is 2.28. The quantitative estimate of drug-likeness (QED) is 0.841. The molecule has 3 atom stereocenters. The van der Waals surface area contributed by atoms with E-state index in [1.807, 2.05) is 0 Å². The van der Waals surface area contributed by atoms with E-state index >= 15 is 0 Å². The SMILES string of the molecule is CNc1ncnc2c1ncn2[C@H]1O[C@@H](CO)C[C@H]1F. The van der Waals surface area contributed by atoms with Gasteiger partial charge < -0.3 is 15.2 Å². The Morgan fingerprint density at radius 3 is 3.05 bits per heavy atom. The molecular formula is C11H14FN5O2. The molecule has 2 aromatic heterocycles. The minimum atomic E-state index is -1.19. The first-order valence-electron chi connectivity index (χ1n) is 6.00. The summed E-state index contributed by atoms with van der Waals surface area (Å²) in [5, 5.41) is 11.9. The van der Waals surface area contributed by atoms with Crippen molar-refractivity contribution < 1.29 is 14.2 Å². The molecule has 102 valence electrons. The molecule has 3 heterocycles. The van der Waals surface area contributed by atoms with Crippen LogP contribution in [0.4, 0.5) is 10.2 Å². The van der Waals surface area contributed by atoms with Crippen molar-refractivity contribution in [3.63, 3.8) is 0 Å². The molecule has 0 bridgehead atoms. The molecule has 1 aliphatic heterocycles. The first kappa shape index (κ1) is 12.2. The molecule has 0 unspecified atom stereocenters. The predicted octanol–water partition coefficient (Wildman–Crippen LogP) is 0.486. The molecule has 2 aromatic rings. The van der Waals surface area contributed by atoms with E-state index in [1.54, 1.807) is 7.05 Å². The Labute approximate surface area is 108 Å². The van der Waals surface area contributed by atoms with Crippen LogP contribution in [-0.2, 0) is 4.74 Å². The van der Waals surface area contributed by atoms with E-state index in [1.165, 1.54) is 17.2 Å². The van der Waals surface area contributed by atoms with Crippen LogP contribution in [0.5, 0.6) is 0 Å². The number of fused-ring (bicyclic) bond motifs is 1. The number of aliphatic hydroxyl groups is 1. The molecule has 0 saturated carbocycles. The molecule has 1 fully saturated rings. The van der Waals surface area contributed by atoms with E-state index in [2.05, 4.69) is 20.3 Å². The van der Waals surface area contributed by atoms with Gasteiger partial charge in [-0.25, -0.2) is 19.3 Å². The van der Waals surface area contributed by atoms with E-state index in [4.69, 9.17) is 9.84 Å². The van der Waals surface area contributed by atoms with Crippen molar-refractivity contribution in [1.29, 1.82) is 0 Å². The van der Waals surface area contributed by atoms with Gasteiger partial charge in [0.05, 0.1) is 19.0 Å². The van der Waals surface area contributed by atoms with E-state index < -0.39 is 18.5 Å². The predicted molar refractivity (Wildman–Crippen MR) is 65.4 cm³/mol. The fourth-order valence-electron chi connectivity index (χ4n) is 2.28. The summed E-state index contributed by atoms with van der Waals surface area (Å²) < 4.78 is 21.0. The number of rotatable bonds is 3. The zero-order chi connectivity index (χ0) is 13.4. The number of ether oxygens (including phenoxy) is 1. The number of anilines is 1. The zero-order valence-electron chi connectivity index (χ0n) is 10.3. The van der Waals surface area contributed by atoms with Gasteiger partial charge in [0, 0.05) is 13.5 Å². The molecule has 8 heteroatoms. The largest absolute Gasteiger partial charge is 0.394 e. The third-order valence-corrected chi connectivity index (χ3v) is 3.20.